The van der Waals surface area contributed by atoms with Crippen molar-refractivity contribution in [2.24, 2.45) is 0 Å². The minimum atomic E-state index is -0.486. The van der Waals surface area contributed by atoms with Gasteiger partial charge in [0, 0.05) is 11.4 Å². The Balaban J connectivity index is 2.55. The van der Waals surface area contributed by atoms with Crippen molar-refractivity contribution in [1.29, 1.82) is 0 Å². The van der Waals surface area contributed by atoms with Gasteiger partial charge in [0.15, 0.2) is 0 Å². The molecule has 0 radical (unpaired) electrons. The van der Waals surface area contributed by atoms with Crippen LogP contribution in [0.15, 0.2) is 24.3 Å². The van der Waals surface area contributed by atoms with E-state index < -0.39 is 6.10 Å². The van der Waals surface area contributed by atoms with Gasteiger partial charge in [-0.25, -0.2) is 4.98 Å². The molecule has 3 nitrogen and oxygen atoms in total. The van der Waals surface area contributed by atoms with Crippen molar-refractivity contribution in [3.05, 3.63) is 46.9 Å². The van der Waals surface area contributed by atoms with Gasteiger partial charge < -0.3 is 9.67 Å². The molecule has 3 heteroatoms. The van der Waals surface area contributed by atoms with Gasteiger partial charge in [-0.05, 0) is 57.0 Å². The number of aryl methyl sites for hydroxylation is 3. The monoisotopic (exact) mass is 244 g/mol. The van der Waals surface area contributed by atoms with Crippen LogP contribution in [0.25, 0.3) is 5.82 Å². The van der Waals surface area contributed by atoms with Gasteiger partial charge in [-0.1, -0.05) is 6.92 Å². The second-order valence-corrected chi connectivity index (χ2v) is 4.80. The van der Waals surface area contributed by atoms with Crippen LogP contribution in [-0.4, -0.2) is 14.7 Å². The van der Waals surface area contributed by atoms with Crippen molar-refractivity contribution < 1.29 is 5.11 Å². The second kappa shape index (κ2) is 4.94. The predicted octanol–water partition coefficient (Wildman–Crippen LogP) is 3.24. The average molecular weight is 244 g/mol. The molecule has 0 saturated carbocycles. The minimum Gasteiger partial charge on any atom is -0.387 e. The largest absolute Gasteiger partial charge is 0.387 e. The van der Waals surface area contributed by atoms with E-state index in [9.17, 15) is 5.11 Å². The summed E-state index contributed by atoms with van der Waals surface area (Å²) < 4.78 is 2.11. The van der Waals surface area contributed by atoms with E-state index in [2.05, 4.69) is 35.5 Å². The topological polar surface area (TPSA) is 38.0 Å². The van der Waals surface area contributed by atoms with Crippen LogP contribution >= 0.6 is 0 Å². The third-order valence-corrected chi connectivity index (χ3v) is 3.20. The number of aliphatic hydroxyl groups is 1. The van der Waals surface area contributed by atoms with E-state index in [0.717, 1.165) is 28.5 Å². The van der Waals surface area contributed by atoms with Crippen molar-refractivity contribution in [3.63, 3.8) is 0 Å². The van der Waals surface area contributed by atoms with Crippen molar-refractivity contribution in [3.8, 4) is 5.82 Å². The van der Waals surface area contributed by atoms with Gasteiger partial charge in [-0.3, -0.25) is 0 Å². The first kappa shape index (κ1) is 12.8. The molecule has 0 aliphatic heterocycles. The van der Waals surface area contributed by atoms with Gasteiger partial charge >= 0.3 is 0 Å². The first-order valence-corrected chi connectivity index (χ1v) is 6.35. The molecule has 2 heterocycles. The molecule has 0 bridgehead atoms. The molecule has 1 unspecified atom stereocenters. The van der Waals surface area contributed by atoms with E-state index in [0.29, 0.717) is 6.42 Å². The van der Waals surface area contributed by atoms with Crippen LogP contribution in [0, 0.1) is 20.8 Å². The Labute approximate surface area is 108 Å². The van der Waals surface area contributed by atoms with E-state index in [-0.39, 0.29) is 0 Å². The molecule has 0 amide bonds. The molecule has 1 atom stereocenters. The predicted molar refractivity (Wildman–Crippen MR) is 73.0 cm³/mol. The quantitative estimate of drug-likeness (QED) is 0.900. The molecule has 0 aliphatic rings. The summed E-state index contributed by atoms with van der Waals surface area (Å²) in [6.45, 7) is 8.12. The lowest BCUT2D eigenvalue weighted by molar-refractivity contribution is 0.169. The maximum absolute atomic E-state index is 9.94. The number of rotatable bonds is 3. The SMILES string of the molecule is CCC(O)c1cc(C)cc(-n2c(C)ccc2C)n1. The summed E-state index contributed by atoms with van der Waals surface area (Å²) in [5.74, 6) is 0.887. The smallest absolute Gasteiger partial charge is 0.137 e. The minimum absolute atomic E-state index is 0.486. The van der Waals surface area contributed by atoms with Crippen LogP contribution in [0.4, 0.5) is 0 Å². The standard InChI is InChI=1S/C15H20N2O/c1-5-14(18)13-8-10(2)9-15(16-13)17-11(3)6-7-12(17)4/h6-9,14,18H,5H2,1-4H3. The van der Waals surface area contributed by atoms with Gasteiger partial charge in [0.1, 0.15) is 5.82 Å². The van der Waals surface area contributed by atoms with Crippen molar-refractivity contribution in [2.75, 3.05) is 0 Å². The molecule has 0 aliphatic carbocycles. The third-order valence-electron chi connectivity index (χ3n) is 3.20. The first-order valence-electron chi connectivity index (χ1n) is 6.35. The lowest BCUT2D eigenvalue weighted by Crippen LogP contribution is -2.07. The Morgan fingerprint density at radius 3 is 2.33 bits per heavy atom. The van der Waals surface area contributed by atoms with E-state index in [1.165, 1.54) is 0 Å². The zero-order chi connectivity index (χ0) is 13.3. The lowest BCUT2D eigenvalue weighted by Gasteiger charge is -2.14. The summed E-state index contributed by atoms with van der Waals surface area (Å²) >= 11 is 0. The Morgan fingerprint density at radius 1 is 1.17 bits per heavy atom. The summed E-state index contributed by atoms with van der Waals surface area (Å²) in [7, 11) is 0. The van der Waals surface area contributed by atoms with Crippen LogP contribution in [-0.2, 0) is 0 Å². The van der Waals surface area contributed by atoms with Crippen molar-refractivity contribution in [1.82, 2.24) is 9.55 Å². The fraction of sp³-hybridized carbons (Fsp3) is 0.400. The Morgan fingerprint density at radius 2 is 1.78 bits per heavy atom. The molecule has 0 aromatic carbocycles. The van der Waals surface area contributed by atoms with E-state index in [1.807, 2.05) is 26.0 Å². The van der Waals surface area contributed by atoms with Crippen molar-refractivity contribution in [2.45, 2.75) is 40.2 Å². The number of aliphatic hydroxyl groups excluding tert-OH is 1. The first-order chi connectivity index (χ1) is 8.52. The van der Waals surface area contributed by atoms with E-state index in [1.54, 1.807) is 0 Å². The molecule has 2 aromatic rings. The Kier molecular flexibility index (Phi) is 3.53. The number of aromatic nitrogens is 2. The molecule has 1 N–H and O–H groups in total. The number of hydrogen-bond donors (Lipinski definition) is 1. The highest BCUT2D eigenvalue weighted by molar-refractivity contribution is 5.36. The normalized spacial score (nSPS) is 12.7. The van der Waals surface area contributed by atoms with Crippen molar-refractivity contribution >= 4 is 0 Å². The van der Waals surface area contributed by atoms with E-state index >= 15 is 0 Å². The zero-order valence-corrected chi connectivity index (χ0v) is 11.4. The third kappa shape index (κ3) is 2.31. The summed E-state index contributed by atoms with van der Waals surface area (Å²) in [5, 5.41) is 9.94. The second-order valence-electron chi connectivity index (χ2n) is 4.80. The van der Waals surface area contributed by atoms with Crippen LogP contribution < -0.4 is 0 Å². The summed E-state index contributed by atoms with van der Waals surface area (Å²) in [4.78, 5) is 4.58. The maximum Gasteiger partial charge on any atom is 0.137 e. The Hall–Kier alpha value is -1.61. The maximum atomic E-state index is 9.94. The molecule has 18 heavy (non-hydrogen) atoms. The molecule has 2 rings (SSSR count). The fourth-order valence-electron chi connectivity index (χ4n) is 2.20. The summed E-state index contributed by atoms with van der Waals surface area (Å²) in [5.41, 5.74) is 4.18. The van der Waals surface area contributed by atoms with Gasteiger partial charge in [0.25, 0.3) is 0 Å². The van der Waals surface area contributed by atoms with Gasteiger partial charge in [-0.15, -0.1) is 0 Å². The number of nitrogens with zero attached hydrogens (tertiary/aromatic N) is 2. The molecule has 0 fully saturated rings. The zero-order valence-electron chi connectivity index (χ0n) is 11.4. The highest BCUT2D eigenvalue weighted by Gasteiger charge is 2.11. The molecule has 2 aromatic heterocycles. The highest BCUT2D eigenvalue weighted by Crippen LogP contribution is 2.20. The molecule has 0 saturated heterocycles. The Bertz CT molecular complexity index is 538. The van der Waals surface area contributed by atoms with Gasteiger partial charge in [0.05, 0.1) is 11.8 Å². The lowest BCUT2D eigenvalue weighted by atomic mass is 10.1. The van der Waals surface area contributed by atoms with Gasteiger partial charge in [-0.2, -0.15) is 0 Å². The van der Waals surface area contributed by atoms with Crippen LogP contribution in [0.1, 0.15) is 42.1 Å². The molecule has 96 valence electrons. The van der Waals surface area contributed by atoms with Crippen LogP contribution in [0.5, 0.6) is 0 Å². The number of pyridine rings is 1. The summed E-state index contributed by atoms with van der Waals surface area (Å²) in [6, 6.07) is 8.16. The van der Waals surface area contributed by atoms with E-state index in [4.69, 9.17) is 0 Å². The van der Waals surface area contributed by atoms with Crippen LogP contribution in [0.2, 0.25) is 0 Å². The van der Waals surface area contributed by atoms with Crippen LogP contribution in [0.3, 0.4) is 0 Å². The average Bonchev–Trinajstić information content (AvgIpc) is 2.67. The highest BCUT2D eigenvalue weighted by atomic mass is 16.3. The molecular formula is C15H20N2O. The molecule has 0 spiro atoms. The molecular weight excluding hydrogens is 224 g/mol. The summed E-state index contributed by atoms with van der Waals surface area (Å²) in [6.07, 6.45) is 0.194. The van der Waals surface area contributed by atoms with Gasteiger partial charge in [0.2, 0.25) is 0 Å². The fourth-order valence-corrected chi connectivity index (χ4v) is 2.20. The number of hydrogen-bond acceptors (Lipinski definition) is 2.